The van der Waals surface area contributed by atoms with Crippen LogP contribution in [0.25, 0.3) is 0 Å². The number of rotatable bonds is 8. The molecule has 0 radical (unpaired) electrons. The SMILES string of the molecule is COCc1noc(CN(C)C(CCO)c2ccccc2)n1. The van der Waals surface area contributed by atoms with Crippen molar-refractivity contribution < 1.29 is 14.4 Å². The van der Waals surface area contributed by atoms with Gasteiger partial charge in [0.1, 0.15) is 6.61 Å². The molecule has 0 bridgehead atoms. The lowest BCUT2D eigenvalue weighted by Gasteiger charge is -2.26. The number of hydrogen-bond acceptors (Lipinski definition) is 6. The van der Waals surface area contributed by atoms with Crippen LogP contribution in [0.15, 0.2) is 34.9 Å². The van der Waals surface area contributed by atoms with Crippen LogP contribution >= 0.6 is 0 Å². The van der Waals surface area contributed by atoms with Gasteiger partial charge < -0.3 is 14.4 Å². The third-order valence-electron chi connectivity index (χ3n) is 3.29. The molecule has 6 heteroatoms. The van der Waals surface area contributed by atoms with Gasteiger partial charge in [0.05, 0.1) is 6.54 Å². The molecule has 1 aromatic heterocycles. The Morgan fingerprint density at radius 2 is 2.10 bits per heavy atom. The fourth-order valence-electron chi connectivity index (χ4n) is 2.30. The highest BCUT2D eigenvalue weighted by Crippen LogP contribution is 2.24. The molecule has 0 aliphatic rings. The second-order valence-corrected chi connectivity index (χ2v) is 4.89. The zero-order valence-corrected chi connectivity index (χ0v) is 12.4. The number of aliphatic hydroxyl groups is 1. The summed E-state index contributed by atoms with van der Waals surface area (Å²) in [5.74, 6) is 1.09. The minimum atomic E-state index is 0.106. The van der Waals surface area contributed by atoms with E-state index in [-0.39, 0.29) is 12.6 Å². The Hall–Kier alpha value is -1.76. The predicted octanol–water partition coefficient (Wildman–Crippen LogP) is 1.77. The quantitative estimate of drug-likeness (QED) is 0.799. The summed E-state index contributed by atoms with van der Waals surface area (Å²) in [5, 5.41) is 13.1. The number of benzene rings is 1. The van der Waals surface area contributed by atoms with Crippen molar-refractivity contribution >= 4 is 0 Å². The van der Waals surface area contributed by atoms with E-state index in [0.29, 0.717) is 31.3 Å². The fraction of sp³-hybridized carbons (Fsp3) is 0.467. The van der Waals surface area contributed by atoms with Crippen molar-refractivity contribution in [2.24, 2.45) is 0 Å². The Morgan fingerprint density at radius 3 is 2.76 bits per heavy atom. The van der Waals surface area contributed by atoms with Crippen LogP contribution in [-0.2, 0) is 17.9 Å². The van der Waals surface area contributed by atoms with Crippen molar-refractivity contribution in [3.63, 3.8) is 0 Å². The second kappa shape index (κ2) is 7.87. The van der Waals surface area contributed by atoms with Crippen molar-refractivity contribution in [3.8, 4) is 0 Å². The number of hydrogen-bond donors (Lipinski definition) is 1. The van der Waals surface area contributed by atoms with Crippen molar-refractivity contribution in [1.82, 2.24) is 15.0 Å². The van der Waals surface area contributed by atoms with E-state index in [1.807, 2.05) is 25.2 Å². The van der Waals surface area contributed by atoms with Crippen LogP contribution in [0.3, 0.4) is 0 Å². The van der Waals surface area contributed by atoms with Gasteiger partial charge in [0.2, 0.25) is 5.89 Å². The van der Waals surface area contributed by atoms with E-state index >= 15 is 0 Å². The van der Waals surface area contributed by atoms with Gasteiger partial charge in [-0.05, 0) is 19.0 Å². The third-order valence-corrected chi connectivity index (χ3v) is 3.29. The maximum absolute atomic E-state index is 9.29. The Bertz CT molecular complexity index is 530. The third kappa shape index (κ3) is 4.35. The Kier molecular flexibility index (Phi) is 5.86. The smallest absolute Gasteiger partial charge is 0.240 e. The highest BCUT2D eigenvalue weighted by molar-refractivity contribution is 5.19. The average Bonchev–Trinajstić information content (AvgIpc) is 2.93. The van der Waals surface area contributed by atoms with E-state index in [9.17, 15) is 5.11 Å². The summed E-state index contributed by atoms with van der Waals surface area (Å²) < 4.78 is 10.2. The topological polar surface area (TPSA) is 71.6 Å². The Balaban J connectivity index is 2.05. The van der Waals surface area contributed by atoms with Crippen LogP contribution in [-0.4, -0.2) is 40.9 Å². The van der Waals surface area contributed by atoms with Gasteiger partial charge in [-0.1, -0.05) is 35.5 Å². The molecule has 1 atom stereocenters. The molecule has 0 fully saturated rings. The molecule has 21 heavy (non-hydrogen) atoms. The first-order chi connectivity index (χ1) is 10.2. The van der Waals surface area contributed by atoms with Gasteiger partial charge in [-0.25, -0.2) is 0 Å². The van der Waals surface area contributed by atoms with Crippen molar-refractivity contribution in [2.75, 3.05) is 20.8 Å². The van der Waals surface area contributed by atoms with E-state index in [4.69, 9.17) is 9.26 Å². The van der Waals surface area contributed by atoms with Crippen molar-refractivity contribution in [3.05, 3.63) is 47.6 Å². The molecule has 0 aliphatic carbocycles. The van der Waals surface area contributed by atoms with Gasteiger partial charge in [-0.15, -0.1) is 0 Å². The van der Waals surface area contributed by atoms with Gasteiger partial charge >= 0.3 is 0 Å². The molecule has 0 saturated carbocycles. The first-order valence-electron chi connectivity index (χ1n) is 6.91. The van der Waals surface area contributed by atoms with Crippen molar-refractivity contribution in [1.29, 1.82) is 0 Å². The molecule has 0 amide bonds. The van der Waals surface area contributed by atoms with E-state index in [1.165, 1.54) is 0 Å². The Labute approximate surface area is 124 Å². The molecule has 2 rings (SSSR count). The molecule has 0 aliphatic heterocycles. The summed E-state index contributed by atoms with van der Waals surface area (Å²) >= 11 is 0. The summed E-state index contributed by atoms with van der Waals surface area (Å²) in [7, 11) is 3.57. The molecule has 1 N–H and O–H groups in total. The zero-order chi connectivity index (χ0) is 15.1. The van der Waals surface area contributed by atoms with Crippen LogP contribution in [0.1, 0.15) is 29.7 Å². The standard InChI is InChI=1S/C15H21N3O3/c1-18(10-15-16-14(11-20-2)17-21-15)13(8-9-19)12-6-4-3-5-7-12/h3-7,13,19H,8-11H2,1-2H3. The lowest BCUT2D eigenvalue weighted by Crippen LogP contribution is -2.25. The van der Waals surface area contributed by atoms with Gasteiger partial charge in [-0.2, -0.15) is 4.98 Å². The molecule has 0 saturated heterocycles. The number of nitrogens with zero attached hydrogens (tertiary/aromatic N) is 3. The summed E-state index contributed by atoms with van der Waals surface area (Å²) in [4.78, 5) is 6.36. The largest absolute Gasteiger partial charge is 0.396 e. The fourth-order valence-corrected chi connectivity index (χ4v) is 2.30. The van der Waals surface area contributed by atoms with Gasteiger partial charge in [0.25, 0.3) is 0 Å². The number of ether oxygens (including phenoxy) is 1. The molecule has 2 aromatic rings. The van der Waals surface area contributed by atoms with E-state index in [2.05, 4.69) is 27.2 Å². The van der Waals surface area contributed by atoms with Crippen LogP contribution in [0.5, 0.6) is 0 Å². The summed E-state index contributed by atoms with van der Waals surface area (Å²) in [6.07, 6.45) is 0.652. The maximum atomic E-state index is 9.29. The normalized spacial score (nSPS) is 12.8. The minimum Gasteiger partial charge on any atom is -0.396 e. The first-order valence-corrected chi connectivity index (χ1v) is 6.91. The van der Waals surface area contributed by atoms with E-state index in [0.717, 1.165) is 5.56 Å². The second-order valence-electron chi connectivity index (χ2n) is 4.89. The molecule has 0 spiro atoms. The van der Waals surface area contributed by atoms with Crippen LogP contribution in [0.2, 0.25) is 0 Å². The van der Waals surface area contributed by atoms with E-state index < -0.39 is 0 Å². The molecular formula is C15H21N3O3. The number of aromatic nitrogens is 2. The predicted molar refractivity (Wildman–Crippen MR) is 77.4 cm³/mol. The van der Waals surface area contributed by atoms with Crippen LogP contribution in [0, 0.1) is 0 Å². The first kappa shape index (κ1) is 15.6. The van der Waals surface area contributed by atoms with Gasteiger partial charge in [0.15, 0.2) is 5.82 Å². The van der Waals surface area contributed by atoms with Crippen LogP contribution in [0.4, 0.5) is 0 Å². The highest BCUT2D eigenvalue weighted by atomic mass is 16.5. The number of aliphatic hydroxyl groups excluding tert-OH is 1. The Morgan fingerprint density at radius 1 is 1.33 bits per heavy atom. The highest BCUT2D eigenvalue weighted by Gasteiger charge is 2.19. The van der Waals surface area contributed by atoms with E-state index in [1.54, 1.807) is 7.11 Å². The lowest BCUT2D eigenvalue weighted by atomic mass is 10.0. The van der Waals surface area contributed by atoms with Crippen LogP contribution < -0.4 is 0 Å². The number of methoxy groups -OCH3 is 1. The molecule has 1 aromatic carbocycles. The summed E-state index contributed by atoms with van der Waals surface area (Å²) in [6.45, 7) is 0.991. The molecule has 6 nitrogen and oxygen atoms in total. The summed E-state index contributed by atoms with van der Waals surface area (Å²) in [5.41, 5.74) is 1.16. The lowest BCUT2D eigenvalue weighted by molar-refractivity contribution is 0.163. The van der Waals surface area contributed by atoms with Crippen molar-refractivity contribution in [2.45, 2.75) is 25.6 Å². The summed E-state index contributed by atoms with van der Waals surface area (Å²) in [6, 6.07) is 10.2. The molecule has 1 unspecified atom stereocenters. The monoisotopic (exact) mass is 291 g/mol. The maximum Gasteiger partial charge on any atom is 0.240 e. The zero-order valence-electron chi connectivity index (χ0n) is 12.4. The van der Waals surface area contributed by atoms with Gasteiger partial charge in [0, 0.05) is 19.8 Å². The molecule has 1 heterocycles. The molecule has 114 valence electrons. The average molecular weight is 291 g/mol. The molecular weight excluding hydrogens is 270 g/mol. The minimum absolute atomic E-state index is 0.106. The van der Waals surface area contributed by atoms with Gasteiger partial charge in [-0.3, -0.25) is 4.90 Å².